The van der Waals surface area contributed by atoms with Crippen LogP contribution in [0.25, 0.3) is 6.08 Å². The number of ether oxygens (including phenoxy) is 3. The molecule has 0 aliphatic carbocycles. The van der Waals surface area contributed by atoms with Gasteiger partial charge in [0.25, 0.3) is 0 Å². The number of nitrogens with one attached hydrogen (secondary N) is 1. The highest BCUT2D eigenvalue weighted by Crippen LogP contribution is 2.38. The van der Waals surface area contributed by atoms with Crippen LogP contribution in [0.1, 0.15) is 19.4 Å². The van der Waals surface area contributed by atoms with Crippen molar-refractivity contribution in [2.45, 2.75) is 23.4 Å². The molecule has 1 N–H and O–H groups in total. The molecule has 9 heteroatoms. The summed E-state index contributed by atoms with van der Waals surface area (Å²) in [5.74, 6) is 1.24. The number of amides is 1. The lowest BCUT2D eigenvalue weighted by atomic mass is 10.1. The van der Waals surface area contributed by atoms with Crippen LogP contribution in [0, 0.1) is 0 Å². The quantitative estimate of drug-likeness (QED) is 0.414. The van der Waals surface area contributed by atoms with E-state index in [0.29, 0.717) is 27.6 Å². The van der Waals surface area contributed by atoms with Crippen molar-refractivity contribution in [1.82, 2.24) is 10.2 Å². The van der Waals surface area contributed by atoms with Gasteiger partial charge in [0, 0.05) is 11.3 Å². The first-order valence-electron chi connectivity index (χ1n) is 7.76. The number of carbonyl (C=O) groups excluding carboxylic acids is 1. The van der Waals surface area contributed by atoms with Crippen LogP contribution in [-0.4, -0.2) is 42.7 Å². The zero-order valence-electron chi connectivity index (χ0n) is 15.2. The summed E-state index contributed by atoms with van der Waals surface area (Å²) in [5.41, 5.74) is 0.739. The molecule has 0 radical (unpaired) electrons. The van der Waals surface area contributed by atoms with E-state index in [4.69, 9.17) is 14.2 Å². The number of aromatic nitrogens is 2. The second kappa shape index (κ2) is 9.44. The molecule has 0 unspecified atom stereocenters. The monoisotopic (exact) mass is 395 g/mol. The number of anilines is 1. The maximum absolute atomic E-state index is 12.1. The van der Waals surface area contributed by atoms with Crippen LogP contribution in [0.5, 0.6) is 17.2 Å². The summed E-state index contributed by atoms with van der Waals surface area (Å²) in [6.45, 7) is 4.15. The highest BCUT2D eigenvalue weighted by atomic mass is 32.2. The molecule has 1 heterocycles. The summed E-state index contributed by atoms with van der Waals surface area (Å²) in [4.78, 5) is 12.1. The van der Waals surface area contributed by atoms with Crippen LogP contribution in [-0.2, 0) is 4.79 Å². The summed E-state index contributed by atoms with van der Waals surface area (Å²) in [5, 5.41) is 11.6. The number of benzene rings is 1. The average molecular weight is 396 g/mol. The van der Waals surface area contributed by atoms with Crippen LogP contribution < -0.4 is 19.5 Å². The van der Waals surface area contributed by atoms with Gasteiger partial charge in [-0.25, -0.2) is 0 Å². The molecule has 1 aromatic carbocycles. The second-order valence-corrected chi connectivity index (χ2v) is 8.12. The SMILES string of the molecule is COc1cc(/C=C/C(=O)Nc2nnc(SC(C)C)s2)cc(OC)c1OC. The molecule has 140 valence electrons. The lowest BCUT2D eigenvalue weighted by Crippen LogP contribution is -2.07. The van der Waals surface area contributed by atoms with Crippen LogP contribution in [0.4, 0.5) is 5.13 Å². The summed E-state index contributed by atoms with van der Waals surface area (Å²) in [7, 11) is 4.62. The first-order chi connectivity index (χ1) is 12.5. The Morgan fingerprint density at radius 1 is 1.15 bits per heavy atom. The Balaban J connectivity index is 2.09. The Kier molecular flexibility index (Phi) is 7.28. The van der Waals surface area contributed by atoms with Crippen molar-refractivity contribution in [1.29, 1.82) is 0 Å². The van der Waals surface area contributed by atoms with Crippen molar-refractivity contribution < 1.29 is 19.0 Å². The summed E-state index contributed by atoms with van der Waals surface area (Å²) in [6, 6.07) is 3.51. The van der Waals surface area contributed by atoms with Gasteiger partial charge in [0.1, 0.15) is 0 Å². The lowest BCUT2D eigenvalue weighted by molar-refractivity contribution is -0.111. The zero-order chi connectivity index (χ0) is 19.1. The van der Waals surface area contributed by atoms with Gasteiger partial charge >= 0.3 is 0 Å². The van der Waals surface area contributed by atoms with Gasteiger partial charge in [-0.1, -0.05) is 36.9 Å². The maximum atomic E-state index is 12.1. The number of methoxy groups -OCH3 is 3. The van der Waals surface area contributed by atoms with E-state index in [1.54, 1.807) is 44.2 Å². The van der Waals surface area contributed by atoms with Gasteiger partial charge in [-0.3, -0.25) is 10.1 Å². The van der Waals surface area contributed by atoms with Gasteiger partial charge in [-0.05, 0) is 23.8 Å². The molecule has 0 aliphatic heterocycles. The zero-order valence-corrected chi connectivity index (χ0v) is 16.9. The Labute approximate surface area is 160 Å². The smallest absolute Gasteiger partial charge is 0.250 e. The fourth-order valence-corrected chi connectivity index (χ4v) is 4.00. The van der Waals surface area contributed by atoms with E-state index in [0.717, 1.165) is 9.90 Å². The molecule has 0 saturated heterocycles. The average Bonchev–Trinajstić information content (AvgIpc) is 3.04. The van der Waals surface area contributed by atoms with Crippen molar-refractivity contribution in [3.05, 3.63) is 23.8 Å². The Morgan fingerprint density at radius 3 is 2.35 bits per heavy atom. The predicted molar refractivity (Wildman–Crippen MR) is 105 cm³/mol. The predicted octanol–water partition coefficient (Wildman–Crippen LogP) is 3.72. The maximum Gasteiger partial charge on any atom is 0.250 e. The molecule has 1 aromatic heterocycles. The molecule has 26 heavy (non-hydrogen) atoms. The van der Waals surface area contributed by atoms with Crippen LogP contribution in [0.2, 0.25) is 0 Å². The standard InChI is InChI=1S/C17H21N3O4S2/c1-10(2)25-17-20-19-16(26-17)18-14(21)7-6-11-8-12(22-3)15(24-5)13(9-11)23-4/h6-10H,1-5H3,(H,18,19,21)/b7-6+. The molecule has 0 fully saturated rings. The topological polar surface area (TPSA) is 82.6 Å². The van der Waals surface area contributed by atoms with E-state index in [9.17, 15) is 4.79 Å². The first-order valence-corrected chi connectivity index (χ1v) is 9.45. The van der Waals surface area contributed by atoms with Crippen LogP contribution in [0.15, 0.2) is 22.5 Å². The van der Waals surface area contributed by atoms with E-state index in [1.807, 2.05) is 0 Å². The lowest BCUT2D eigenvalue weighted by Gasteiger charge is -2.12. The van der Waals surface area contributed by atoms with Crippen molar-refractivity contribution in [2.75, 3.05) is 26.6 Å². The Hall–Kier alpha value is -2.26. The minimum atomic E-state index is -0.295. The number of thioether (sulfide) groups is 1. The second-order valence-electron chi connectivity index (χ2n) is 5.32. The van der Waals surface area contributed by atoms with Gasteiger partial charge in [0.05, 0.1) is 21.3 Å². The Bertz CT molecular complexity index is 765. The highest BCUT2D eigenvalue weighted by Gasteiger charge is 2.12. The molecule has 2 aromatic rings. The van der Waals surface area contributed by atoms with E-state index in [-0.39, 0.29) is 5.91 Å². The van der Waals surface area contributed by atoms with E-state index in [2.05, 4.69) is 29.4 Å². The molecule has 1 amide bonds. The number of rotatable bonds is 8. The van der Waals surface area contributed by atoms with Crippen molar-refractivity contribution in [3.8, 4) is 17.2 Å². The van der Waals surface area contributed by atoms with Crippen LogP contribution in [0.3, 0.4) is 0 Å². The summed E-state index contributed by atoms with van der Waals surface area (Å²) < 4.78 is 16.7. The minimum Gasteiger partial charge on any atom is -0.493 e. The minimum absolute atomic E-state index is 0.295. The summed E-state index contributed by atoms with van der Waals surface area (Å²) in [6.07, 6.45) is 3.07. The van der Waals surface area contributed by atoms with Gasteiger partial charge in [-0.2, -0.15) is 0 Å². The normalized spacial score (nSPS) is 11.0. The van der Waals surface area contributed by atoms with Gasteiger partial charge in [0.2, 0.25) is 16.8 Å². The van der Waals surface area contributed by atoms with Crippen LogP contribution >= 0.6 is 23.1 Å². The largest absolute Gasteiger partial charge is 0.493 e. The molecule has 0 saturated carbocycles. The van der Waals surface area contributed by atoms with Crippen molar-refractivity contribution >= 4 is 40.2 Å². The third kappa shape index (κ3) is 5.37. The van der Waals surface area contributed by atoms with Gasteiger partial charge in [-0.15, -0.1) is 10.2 Å². The third-order valence-electron chi connectivity index (χ3n) is 3.09. The molecular weight excluding hydrogens is 374 g/mol. The number of hydrogen-bond donors (Lipinski definition) is 1. The molecular formula is C17H21N3O4S2. The van der Waals surface area contributed by atoms with E-state index >= 15 is 0 Å². The van der Waals surface area contributed by atoms with Crippen molar-refractivity contribution in [3.63, 3.8) is 0 Å². The molecule has 7 nitrogen and oxygen atoms in total. The van der Waals surface area contributed by atoms with Gasteiger partial charge < -0.3 is 14.2 Å². The fourth-order valence-electron chi connectivity index (χ4n) is 2.03. The molecule has 0 spiro atoms. The van der Waals surface area contributed by atoms with Gasteiger partial charge in [0.15, 0.2) is 15.8 Å². The molecule has 0 atom stereocenters. The Morgan fingerprint density at radius 2 is 1.81 bits per heavy atom. The highest BCUT2D eigenvalue weighted by molar-refractivity contribution is 8.01. The fraction of sp³-hybridized carbons (Fsp3) is 0.353. The molecule has 0 aliphatic rings. The van der Waals surface area contributed by atoms with E-state index in [1.165, 1.54) is 24.5 Å². The number of hydrogen-bond acceptors (Lipinski definition) is 8. The first kappa shape index (κ1) is 20.1. The van der Waals surface area contributed by atoms with Crippen molar-refractivity contribution in [2.24, 2.45) is 0 Å². The van der Waals surface area contributed by atoms with E-state index < -0.39 is 0 Å². The summed E-state index contributed by atoms with van der Waals surface area (Å²) >= 11 is 2.95. The number of carbonyl (C=O) groups is 1. The third-order valence-corrected chi connectivity index (χ3v) is 5.01. The molecule has 2 rings (SSSR count). The number of nitrogens with zero attached hydrogens (tertiary/aromatic N) is 2. The molecule has 0 bridgehead atoms.